The fourth-order valence-electron chi connectivity index (χ4n) is 3.71. The van der Waals surface area contributed by atoms with E-state index in [0.717, 1.165) is 33.5 Å². The number of unbranched alkanes of at least 4 members (excludes halogenated alkanes) is 2. The van der Waals surface area contributed by atoms with E-state index in [0.29, 0.717) is 23.8 Å². The lowest BCUT2D eigenvalue weighted by atomic mass is 10.1. The Morgan fingerprint density at radius 3 is 2.34 bits per heavy atom. The van der Waals surface area contributed by atoms with E-state index in [4.69, 9.17) is 9.47 Å². The van der Waals surface area contributed by atoms with Crippen LogP contribution >= 0.6 is 11.3 Å². The summed E-state index contributed by atoms with van der Waals surface area (Å²) in [6, 6.07) is 19.5. The number of hydrogen-bond acceptors (Lipinski definition) is 7. The quantitative estimate of drug-likeness (QED) is 0.173. The molecule has 0 amide bonds. The van der Waals surface area contributed by atoms with Gasteiger partial charge in [-0.05, 0) is 85.3 Å². The van der Waals surface area contributed by atoms with Gasteiger partial charge < -0.3 is 30.1 Å². The van der Waals surface area contributed by atoms with Crippen LogP contribution in [0.2, 0.25) is 0 Å². The van der Waals surface area contributed by atoms with E-state index in [-0.39, 0.29) is 18.1 Å². The number of phenols is 2. The van der Waals surface area contributed by atoms with Crippen molar-refractivity contribution in [2.75, 3.05) is 19.7 Å². The number of rotatable bonds is 12. The van der Waals surface area contributed by atoms with Crippen LogP contribution in [0.25, 0.3) is 20.5 Å². The number of fused-ring (bicyclic) bond motifs is 1. The van der Waals surface area contributed by atoms with Gasteiger partial charge in [0.15, 0.2) is 5.75 Å². The molecule has 3 aromatic carbocycles. The first kappa shape index (κ1) is 24.9. The van der Waals surface area contributed by atoms with Crippen LogP contribution in [0.4, 0.5) is 0 Å². The molecule has 184 valence electrons. The smallest absolute Gasteiger partial charge is 0.153 e. The molecule has 6 nitrogen and oxygen atoms in total. The first-order valence-corrected chi connectivity index (χ1v) is 12.7. The summed E-state index contributed by atoms with van der Waals surface area (Å²) in [6.45, 7) is 3.79. The topological polar surface area (TPSA) is 91.2 Å². The summed E-state index contributed by atoms with van der Waals surface area (Å²) in [6.07, 6.45) is 2.90. The fourth-order valence-corrected chi connectivity index (χ4v) is 4.88. The lowest BCUT2D eigenvalue weighted by Gasteiger charge is -2.14. The minimum absolute atomic E-state index is 0.197. The van der Waals surface area contributed by atoms with Crippen molar-refractivity contribution in [3.8, 4) is 39.2 Å². The second kappa shape index (κ2) is 11.9. The molecule has 0 radical (unpaired) electrons. The highest BCUT2D eigenvalue weighted by molar-refractivity contribution is 7.22. The maximum atomic E-state index is 10.1. The zero-order valence-corrected chi connectivity index (χ0v) is 20.6. The van der Waals surface area contributed by atoms with Crippen LogP contribution in [0, 0.1) is 0 Å². The molecule has 1 unspecified atom stereocenters. The lowest BCUT2D eigenvalue weighted by molar-refractivity contribution is 0.106. The summed E-state index contributed by atoms with van der Waals surface area (Å²) in [5.41, 5.74) is 0.913. The minimum Gasteiger partial charge on any atom is -0.508 e. The van der Waals surface area contributed by atoms with Crippen LogP contribution in [0.1, 0.15) is 26.2 Å². The van der Waals surface area contributed by atoms with E-state index in [1.807, 2.05) is 42.5 Å². The van der Waals surface area contributed by atoms with Crippen molar-refractivity contribution in [2.45, 2.75) is 32.3 Å². The number of ether oxygens (including phenoxy) is 2. The summed E-state index contributed by atoms with van der Waals surface area (Å²) in [5.74, 6) is 2.38. The number of hydrogen-bond donors (Lipinski definition) is 4. The molecule has 1 atom stereocenters. The van der Waals surface area contributed by atoms with Crippen molar-refractivity contribution < 1.29 is 24.8 Å². The third-order valence-corrected chi connectivity index (χ3v) is 6.76. The third-order valence-electron chi connectivity index (χ3n) is 5.58. The number of phenolic OH excluding ortho intramolecular Hbond substituents is 2. The normalized spacial score (nSPS) is 12.1. The van der Waals surface area contributed by atoms with Crippen LogP contribution in [0.3, 0.4) is 0 Å². The predicted molar refractivity (Wildman–Crippen MR) is 141 cm³/mol. The van der Waals surface area contributed by atoms with Crippen LogP contribution in [-0.4, -0.2) is 41.1 Å². The minimum atomic E-state index is -0.575. The molecule has 0 saturated heterocycles. The van der Waals surface area contributed by atoms with Crippen molar-refractivity contribution >= 4 is 21.4 Å². The molecule has 4 rings (SSSR count). The lowest BCUT2D eigenvalue weighted by Crippen LogP contribution is -2.31. The van der Waals surface area contributed by atoms with Crippen LogP contribution in [-0.2, 0) is 0 Å². The molecule has 4 aromatic rings. The summed E-state index contributed by atoms with van der Waals surface area (Å²) >= 11 is 1.52. The summed E-state index contributed by atoms with van der Waals surface area (Å²) in [4.78, 5) is 0.903. The molecule has 0 bridgehead atoms. The van der Waals surface area contributed by atoms with Gasteiger partial charge in [0.1, 0.15) is 35.7 Å². The molecule has 4 N–H and O–H groups in total. The molecular weight excluding hydrogens is 462 g/mol. The van der Waals surface area contributed by atoms with Gasteiger partial charge in [0, 0.05) is 16.6 Å². The molecule has 0 saturated carbocycles. The Morgan fingerprint density at radius 2 is 1.60 bits per heavy atom. The van der Waals surface area contributed by atoms with Gasteiger partial charge in [0.2, 0.25) is 0 Å². The Balaban J connectivity index is 1.44. The van der Waals surface area contributed by atoms with E-state index < -0.39 is 6.10 Å². The maximum absolute atomic E-state index is 10.1. The fraction of sp³-hybridized carbons (Fsp3) is 0.286. The van der Waals surface area contributed by atoms with Gasteiger partial charge in [0.25, 0.3) is 0 Å². The highest BCUT2D eigenvalue weighted by Gasteiger charge is 2.17. The monoisotopic (exact) mass is 493 g/mol. The Bertz CT molecular complexity index is 1220. The van der Waals surface area contributed by atoms with Crippen LogP contribution in [0.5, 0.6) is 28.7 Å². The number of thiophene rings is 1. The predicted octanol–water partition coefficient (Wildman–Crippen LogP) is 6.29. The van der Waals surface area contributed by atoms with Crippen LogP contribution in [0.15, 0.2) is 66.7 Å². The second-order valence-electron chi connectivity index (χ2n) is 8.44. The average molecular weight is 494 g/mol. The summed E-state index contributed by atoms with van der Waals surface area (Å²) in [7, 11) is 0. The van der Waals surface area contributed by atoms with E-state index >= 15 is 0 Å². The first-order valence-electron chi connectivity index (χ1n) is 11.9. The SMILES string of the molecule is CCCCCNCC(O)COc1ccc(Oc2c(-c3ccc(O)cc3)sc3cc(O)ccc23)cc1. The molecule has 0 aliphatic rings. The van der Waals surface area contributed by atoms with Gasteiger partial charge in [-0.2, -0.15) is 0 Å². The second-order valence-corrected chi connectivity index (χ2v) is 9.49. The Hall–Kier alpha value is -3.26. The number of aliphatic hydroxyl groups excluding tert-OH is 1. The highest BCUT2D eigenvalue weighted by atomic mass is 32.1. The average Bonchev–Trinajstić information content (AvgIpc) is 3.21. The maximum Gasteiger partial charge on any atom is 0.153 e. The Kier molecular flexibility index (Phi) is 8.47. The number of nitrogens with one attached hydrogen (secondary N) is 1. The molecule has 7 heteroatoms. The number of benzene rings is 3. The van der Waals surface area contributed by atoms with Gasteiger partial charge in [-0.3, -0.25) is 0 Å². The van der Waals surface area contributed by atoms with Crippen molar-refractivity contribution in [2.24, 2.45) is 0 Å². The van der Waals surface area contributed by atoms with E-state index in [1.165, 1.54) is 24.2 Å². The Labute approximate surface area is 209 Å². The summed E-state index contributed by atoms with van der Waals surface area (Å²) < 4.78 is 12.9. The molecular formula is C28H31NO5S. The van der Waals surface area contributed by atoms with Crippen molar-refractivity contribution in [1.82, 2.24) is 5.32 Å². The van der Waals surface area contributed by atoms with Gasteiger partial charge in [0.05, 0.1) is 4.88 Å². The van der Waals surface area contributed by atoms with E-state index in [9.17, 15) is 15.3 Å². The van der Waals surface area contributed by atoms with Crippen molar-refractivity contribution in [1.29, 1.82) is 0 Å². The van der Waals surface area contributed by atoms with Crippen molar-refractivity contribution in [3.63, 3.8) is 0 Å². The van der Waals surface area contributed by atoms with Crippen molar-refractivity contribution in [3.05, 3.63) is 66.7 Å². The Morgan fingerprint density at radius 1 is 0.886 bits per heavy atom. The van der Waals surface area contributed by atoms with Gasteiger partial charge in [-0.15, -0.1) is 11.3 Å². The zero-order valence-electron chi connectivity index (χ0n) is 19.7. The van der Waals surface area contributed by atoms with Crippen LogP contribution < -0.4 is 14.8 Å². The molecule has 35 heavy (non-hydrogen) atoms. The van der Waals surface area contributed by atoms with Gasteiger partial charge in [-0.1, -0.05) is 19.8 Å². The highest BCUT2D eigenvalue weighted by Crippen LogP contribution is 2.47. The molecule has 1 heterocycles. The zero-order chi connectivity index (χ0) is 24.6. The number of aromatic hydroxyl groups is 2. The largest absolute Gasteiger partial charge is 0.508 e. The molecule has 0 spiro atoms. The summed E-state index contributed by atoms with van der Waals surface area (Å²) in [5, 5.41) is 33.9. The van der Waals surface area contributed by atoms with E-state index in [2.05, 4.69) is 12.2 Å². The molecule has 0 aliphatic carbocycles. The standard InChI is InChI=1S/C28H31NO5S/c1-2-3-4-15-29-17-22(32)18-33-23-10-12-24(13-11-23)34-27-25-14-9-21(31)16-26(25)35-28(27)19-5-7-20(30)8-6-19/h5-14,16,22,29-32H,2-4,15,17-18H2,1H3. The molecule has 1 aromatic heterocycles. The first-order chi connectivity index (χ1) is 17.0. The third kappa shape index (κ3) is 6.66. The number of aliphatic hydroxyl groups is 1. The van der Waals surface area contributed by atoms with Gasteiger partial charge >= 0.3 is 0 Å². The van der Waals surface area contributed by atoms with E-state index in [1.54, 1.807) is 24.3 Å². The van der Waals surface area contributed by atoms with Gasteiger partial charge in [-0.25, -0.2) is 0 Å². The molecule has 0 fully saturated rings. The molecule has 0 aliphatic heterocycles.